The van der Waals surface area contributed by atoms with E-state index < -0.39 is 16.1 Å². The largest absolute Gasteiger partial charge is 0.497 e. The van der Waals surface area contributed by atoms with Crippen molar-refractivity contribution in [2.75, 3.05) is 21.3 Å². The summed E-state index contributed by atoms with van der Waals surface area (Å²) in [7, 11) is 0.686. The predicted molar refractivity (Wildman–Crippen MR) is 149 cm³/mol. The summed E-state index contributed by atoms with van der Waals surface area (Å²) in [5.41, 5.74) is 1.38. The van der Waals surface area contributed by atoms with E-state index in [4.69, 9.17) is 14.5 Å². The van der Waals surface area contributed by atoms with Gasteiger partial charge >= 0.3 is 0 Å². The van der Waals surface area contributed by atoms with Crippen LogP contribution in [0.5, 0.6) is 11.5 Å². The lowest BCUT2D eigenvalue weighted by Crippen LogP contribution is -2.35. The Balaban J connectivity index is 1.91. The minimum absolute atomic E-state index is 0.267. The van der Waals surface area contributed by atoms with E-state index >= 15 is 0 Å². The first-order valence-corrected chi connectivity index (χ1v) is 14.0. The Morgan fingerprint density at radius 2 is 1.68 bits per heavy atom. The molecule has 0 bridgehead atoms. The molecular weight excluding hydrogens is 502 g/mol. The molecular formula is C29H33N3O5S. The van der Waals surface area contributed by atoms with Gasteiger partial charge < -0.3 is 9.47 Å². The summed E-state index contributed by atoms with van der Waals surface area (Å²) >= 11 is 0. The van der Waals surface area contributed by atoms with Crippen LogP contribution in [0.25, 0.3) is 16.6 Å². The first kappa shape index (κ1) is 27.3. The van der Waals surface area contributed by atoms with Crippen molar-refractivity contribution in [3.8, 4) is 17.2 Å². The van der Waals surface area contributed by atoms with Gasteiger partial charge in [-0.1, -0.05) is 37.6 Å². The molecule has 1 aromatic heterocycles. The maximum Gasteiger partial charge on any atom is 0.269 e. The summed E-state index contributed by atoms with van der Waals surface area (Å²) in [6.45, 7) is 3.81. The molecule has 0 aliphatic heterocycles. The molecule has 3 aromatic carbocycles. The summed E-state index contributed by atoms with van der Waals surface area (Å²) in [4.78, 5) is 19.0. The summed E-state index contributed by atoms with van der Waals surface area (Å²) in [6.07, 6.45) is 2.51. The summed E-state index contributed by atoms with van der Waals surface area (Å²) in [6, 6.07) is 18.5. The zero-order valence-electron chi connectivity index (χ0n) is 22.3. The third-order valence-electron chi connectivity index (χ3n) is 6.78. The van der Waals surface area contributed by atoms with Gasteiger partial charge in [0.15, 0.2) is 0 Å². The molecule has 0 aliphatic carbocycles. The van der Waals surface area contributed by atoms with Gasteiger partial charge in [-0.25, -0.2) is 13.4 Å². The summed E-state index contributed by atoms with van der Waals surface area (Å²) < 4.78 is 41.2. The highest BCUT2D eigenvalue weighted by Crippen LogP contribution is 2.30. The Bertz CT molecular complexity index is 1600. The molecule has 0 spiro atoms. The Morgan fingerprint density at radius 1 is 0.974 bits per heavy atom. The maximum atomic E-state index is 13.9. The molecule has 38 heavy (non-hydrogen) atoms. The SMILES string of the molecule is CCCCc1ccccc1S(=O)(=O)N(C)C(C)c1nc2cccc(OC)c2c(=O)n1-c1ccc(OC)cc1. The van der Waals surface area contributed by atoms with Crippen molar-refractivity contribution in [3.63, 3.8) is 0 Å². The number of unbranched alkanes of at least 4 members (excludes halogenated alkanes) is 1. The zero-order valence-corrected chi connectivity index (χ0v) is 23.2. The van der Waals surface area contributed by atoms with Gasteiger partial charge in [0.25, 0.3) is 5.56 Å². The fourth-order valence-corrected chi connectivity index (χ4v) is 6.08. The van der Waals surface area contributed by atoms with Gasteiger partial charge in [-0.05, 0) is 67.8 Å². The van der Waals surface area contributed by atoms with Gasteiger partial charge in [-0.2, -0.15) is 4.31 Å². The average molecular weight is 536 g/mol. The molecule has 0 radical (unpaired) electrons. The van der Waals surface area contributed by atoms with E-state index in [1.807, 2.05) is 12.1 Å². The molecule has 0 saturated heterocycles. The lowest BCUT2D eigenvalue weighted by molar-refractivity contribution is 0.378. The van der Waals surface area contributed by atoms with Crippen LogP contribution in [0.3, 0.4) is 0 Å². The van der Waals surface area contributed by atoms with Crippen LogP contribution in [0.2, 0.25) is 0 Å². The molecule has 1 unspecified atom stereocenters. The number of hydrogen-bond acceptors (Lipinski definition) is 6. The Labute approximate surface area is 223 Å². The number of benzene rings is 3. The second kappa shape index (κ2) is 11.4. The van der Waals surface area contributed by atoms with Crippen LogP contribution in [0.15, 0.2) is 76.4 Å². The maximum absolute atomic E-state index is 13.9. The lowest BCUT2D eigenvalue weighted by atomic mass is 10.1. The van der Waals surface area contributed by atoms with Crippen molar-refractivity contribution in [2.24, 2.45) is 0 Å². The van der Waals surface area contributed by atoms with E-state index in [1.165, 1.54) is 23.0 Å². The van der Waals surface area contributed by atoms with E-state index in [0.29, 0.717) is 34.5 Å². The van der Waals surface area contributed by atoms with Crippen LogP contribution in [0, 0.1) is 0 Å². The van der Waals surface area contributed by atoms with Gasteiger partial charge in [0.2, 0.25) is 10.0 Å². The Morgan fingerprint density at radius 3 is 2.34 bits per heavy atom. The molecule has 8 nitrogen and oxygen atoms in total. The zero-order chi connectivity index (χ0) is 27.4. The number of rotatable bonds is 10. The van der Waals surface area contributed by atoms with Crippen LogP contribution in [-0.2, 0) is 16.4 Å². The van der Waals surface area contributed by atoms with Crippen molar-refractivity contribution in [1.82, 2.24) is 13.9 Å². The van der Waals surface area contributed by atoms with Crippen molar-refractivity contribution >= 4 is 20.9 Å². The fourth-order valence-electron chi connectivity index (χ4n) is 4.50. The van der Waals surface area contributed by atoms with Crippen LogP contribution in [0.1, 0.15) is 44.1 Å². The second-order valence-corrected chi connectivity index (χ2v) is 11.0. The second-order valence-electron chi connectivity index (χ2n) is 9.07. The van der Waals surface area contributed by atoms with Gasteiger partial charge in [-0.15, -0.1) is 0 Å². The number of aryl methyl sites for hydroxylation is 1. The standard InChI is InChI=1S/C29H33N3O5S/c1-6-7-11-21-12-8-9-15-26(21)38(34,35)31(3)20(2)28-30-24-13-10-14-25(37-5)27(24)29(33)32(28)22-16-18-23(36-4)19-17-22/h8-10,12-20H,6-7,11H2,1-5H3. The first-order valence-electron chi connectivity index (χ1n) is 12.5. The van der Waals surface area contributed by atoms with Gasteiger partial charge in [-0.3, -0.25) is 9.36 Å². The number of fused-ring (bicyclic) bond motifs is 1. The molecule has 9 heteroatoms. The predicted octanol–water partition coefficient (Wildman–Crippen LogP) is 5.13. The van der Waals surface area contributed by atoms with E-state index in [2.05, 4.69) is 6.92 Å². The van der Waals surface area contributed by atoms with E-state index in [-0.39, 0.29) is 16.3 Å². The Hall–Kier alpha value is -3.69. The average Bonchev–Trinajstić information content (AvgIpc) is 2.95. The number of ether oxygens (including phenoxy) is 2. The third kappa shape index (κ3) is 5.04. The van der Waals surface area contributed by atoms with Crippen molar-refractivity contribution < 1.29 is 17.9 Å². The summed E-state index contributed by atoms with van der Waals surface area (Å²) in [5, 5.41) is 0.317. The van der Waals surface area contributed by atoms with Gasteiger partial charge in [0, 0.05) is 7.05 Å². The lowest BCUT2D eigenvalue weighted by Gasteiger charge is -2.27. The van der Waals surface area contributed by atoms with Crippen LogP contribution >= 0.6 is 0 Å². The topological polar surface area (TPSA) is 90.7 Å². The number of nitrogens with zero attached hydrogens (tertiary/aromatic N) is 3. The number of sulfonamides is 1. The molecule has 1 heterocycles. The molecule has 0 fully saturated rings. The first-order chi connectivity index (χ1) is 18.2. The number of methoxy groups -OCH3 is 2. The minimum Gasteiger partial charge on any atom is -0.497 e. The van der Waals surface area contributed by atoms with E-state index in [9.17, 15) is 13.2 Å². The fraction of sp³-hybridized carbons (Fsp3) is 0.310. The molecule has 4 rings (SSSR count). The van der Waals surface area contributed by atoms with Crippen LogP contribution < -0.4 is 15.0 Å². The quantitative estimate of drug-likeness (QED) is 0.280. The Kier molecular flexibility index (Phi) is 8.18. The number of hydrogen-bond donors (Lipinski definition) is 0. The van der Waals surface area contributed by atoms with E-state index in [0.717, 1.165) is 18.4 Å². The monoisotopic (exact) mass is 535 g/mol. The molecule has 0 aliphatic rings. The van der Waals surface area contributed by atoms with E-state index in [1.54, 1.807) is 68.6 Å². The molecule has 0 amide bonds. The third-order valence-corrected chi connectivity index (χ3v) is 8.81. The van der Waals surface area contributed by atoms with Crippen molar-refractivity contribution in [3.05, 3.63) is 88.5 Å². The minimum atomic E-state index is -3.90. The molecule has 4 aromatic rings. The van der Waals surface area contributed by atoms with Gasteiger partial charge in [0.05, 0.1) is 36.4 Å². The molecule has 200 valence electrons. The highest BCUT2D eigenvalue weighted by molar-refractivity contribution is 7.89. The molecule has 0 saturated carbocycles. The normalized spacial score (nSPS) is 12.6. The van der Waals surface area contributed by atoms with Crippen molar-refractivity contribution in [1.29, 1.82) is 0 Å². The van der Waals surface area contributed by atoms with Crippen LogP contribution in [0.4, 0.5) is 0 Å². The van der Waals surface area contributed by atoms with Crippen molar-refractivity contribution in [2.45, 2.75) is 44.0 Å². The van der Waals surface area contributed by atoms with Crippen LogP contribution in [-0.4, -0.2) is 43.5 Å². The molecule has 0 N–H and O–H groups in total. The van der Waals surface area contributed by atoms with Gasteiger partial charge in [0.1, 0.15) is 22.7 Å². The molecule has 1 atom stereocenters. The highest BCUT2D eigenvalue weighted by Gasteiger charge is 2.31. The smallest absolute Gasteiger partial charge is 0.269 e. The summed E-state index contributed by atoms with van der Waals surface area (Å²) in [5.74, 6) is 1.32. The highest BCUT2D eigenvalue weighted by atomic mass is 32.2. The number of aromatic nitrogens is 2.